The summed E-state index contributed by atoms with van der Waals surface area (Å²) in [5, 5.41) is 11.8. The van der Waals surface area contributed by atoms with E-state index in [0.29, 0.717) is 4.90 Å². The Morgan fingerprint density at radius 2 is 2.11 bits per heavy atom. The largest absolute Gasteiger partial charge is 0.550 e. The van der Waals surface area contributed by atoms with Gasteiger partial charge in [-0.3, -0.25) is 4.79 Å². The van der Waals surface area contributed by atoms with Gasteiger partial charge in [-0.2, -0.15) is 13.2 Å². The molecule has 0 radical (unpaired) electrons. The number of carbonyl (C=O) groups is 2. The minimum absolute atomic E-state index is 0.0411. The highest BCUT2D eigenvalue weighted by molar-refractivity contribution is 8.01. The SMILES string of the molecule is O=C([O-])C[C@H]1Sc2ccc(C(F)(F)F)cc2NC1=O. The zero-order valence-corrected chi connectivity index (χ0v) is 10.1. The van der Waals surface area contributed by atoms with Crippen molar-refractivity contribution in [3.63, 3.8) is 0 Å². The second kappa shape index (κ2) is 4.76. The number of nitrogens with one attached hydrogen (secondary N) is 1. The topological polar surface area (TPSA) is 69.2 Å². The first-order valence-corrected chi connectivity index (χ1v) is 6.04. The Kier molecular flexibility index (Phi) is 3.44. The maximum absolute atomic E-state index is 12.5. The molecule has 0 fully saturated rings. The lowest BCUT2D eigenvalue weighted by Gasteiger charge is -2.25. The molecule has 1 atom stereocenters. The van der Waals surface area contributed by atoms with Crippen LogP contribution in [0.5, 0.6) is 0 Å². The highest BCUT2D eigenvalue weighted by Crippen LogP contribution is 2.40. The molecule has 0 bridgehead atoms. The Morgan fingerprint density at radius 3 is 2.68 bits per heavy atom. The number of alkyl halides is 3. The molecule has 4 nitrogen and oxygen atoms in total. The fourth-order valence-corrected chi connectivity index (χ4v) is 2.69. The van der Waals surface area contributed by atoms with Crippen LogP contribution in [0, 0.1) is 0 Å². The first-order chi connectivity index (χ1) is 8.77. The van der Waals surface area contributed by atoms with Gasteiger partial charge in [-0.15, -0.1) is 11.8 Å². The Balaban J connectivity index is 2.28. The molecule has 1 aromatic carbocycles. The molecule has 0 saturated heterocycles. The third-order valence-electron chi connectivity index (χ3n) is 2.48. The molecule has 0 saturated carbocycles. The number of rotatable bonds is 2. The third kappa shape index (κ3) is 3.01. The number of amides is 1. The summed E-state index contributed by atoms with van der Waals surface area (Å²) in [5.41, 5.74) is -0.829. The van der Waals surface area contributed by atoms with Gasteiger partial charge in [-0.05, 0) is 18.2 Å². The average molecular weight is 290 g/mol. The van der Waals surface area contributed by atoms with Crippen LogP contribution in [0.1, 0.15) is 12.0 Å². The van der Waals surface area contributed by atoms with Crippen LogP contribution in [0.25, 0.3) is 0 Å². The van der Waals surface area contributed by atoms with Crippen LogP contribution in [0.4, 0.5) is 18.9 Å². The molecule has 102 valence electrons. The summed E-state index contributed by atoms with van der Waals surface area (Å²) in [5.74, 6) is -2.02. The summed E-state index contributed by atoms with van der Waals surface area (Å²) in [7, 11) is 0. The minimum atomic E-state index is -4.49. The first kappa shape index (κ1) is 13.7. The molecule has 1 aliphatic rings. The molecule has 1 aliphatic heterocycles. The van der Waals surface area contributed by atoms with Gasteiger partial charge in [0.05, 0.1) is 16.5 Å². The molecular weight excluding hydrogens is 283 g/mol. The van der Waals surface area contributed by atoms with Gasteiger partial charge in [0.1, 0.15) is 0 Å². The van der Waals surface area contributed by atoms with E-state index in [9.17, 15) is 27.9 Å². The van der Waals surface area contributed by atoms with E-state index in [1.165, 1.54) is 6.07 Å². The van der Waals surface area contributed by atoms with Crippen molar-refractivity contribution in [2.45, 2.75) is 22.7 Å². The average Bonchev–Trinajstić information content (AvgIpc) is 2.27. The molecule has 19 heavy (non-hydrogen) atoms. The number of hydrogen-bond acceptors (Lipinski definition) is 4. The van der Waals surface area contributed by atoms with Crippen LogP contribution in [-0.2, 0) is 15.8 Å². The standard InChI is InChI=1S/C11H8F3NO3S/c12-11(13,14)5-1-2-7-6(3-5)15-10(18)8(19-7)4-9(16)17/h1-3,8H,4H2,(H,15,18)(H,16,17)/p-1/t8-/m1/s1. The molecule has 0 spiro atoms. The van der Waals surface area contributed by atoms with E-state index in [1.54, 1.807) is 0 Å². The molecule has 0 unspecified atom stereocenters. The number of aliphatic carboxylic acids is 1. The Bertz CT molecular complexity index is 544. The highest BCUT2D eigenvalue weighted by Gasteiger charge is 2.33. The lowest BCUT2D eigenvalue weighted by Crippen LogP contribution is -2.35. The van der Waals surface area contributed by atoms with Crippen molar-refractivity contribution in [1.29, 1.82) is 0 Å². The van der Waals surface area contributed by atoms with Crippen molar-refractivity contribution < 1.29 is 27.9 Å². The number of hydrogen-bond donors (Lipinski definition) is 1. The van der Waals surface area contributed by atoms with Crippen LogP contribution < -0.4 is 10.4 Å². The van der Waals surface area contributed by atoms with Gasteiger partial charge in [0.15, 0.2) is 0 Å². The van der Waals surface area contributed by atoms with E-state index in [2.05, 4.69) is 5.32 Å². The number of anilines is 1. The van der Waals surface area contributed by atoms with Crippen LogP contribution in [0.3, 0.4) is 0 Å². The van der Waals surface area contributed by atoms with E-state index < -0.39 is 35.3 Å². The van der Waals surface area contributed by atoms with Crippen LogP contribution in [-0.4, -0.2) is 17.1 Å². The molecule has 2 rings (SSSR count). The van der Waals surface area contributed by atoms with Crippen molar-refractivity contribution >= 4 is 29.3 Å². The summed E-state index contributed by atoms with van der Waals surface area (Å²) in [4.78, 5) is 22.4. The summed E-state index contributed by atoms with van der Waals surface area (Å²) >= 11 is 0.913. The second-order valence-corrected chi connectivity index (χ2v) is 5.13. The molecule has 0 aromatic heterocycles. The number of halogens is 3. The number of thioether (sulfide) groups is 1. The smallest absolute Gasteiger partial charge is 0.416 e. The number of carboxylic acids is 1. The Labute approximate surface area is 110 Å². The van der Waals surface area contributed by atoms with E-state index >= 15 is 0 Å². The number of carboxylic acid groups (broad SMARTS) is 1. The second-order valence-electron chi connectivity index (χ2n) is 3.88. The van der Waals surface area contributed by atoms with Gasteiger partial charge in [-0.1, -0.05) is 0 Å². The normalized spacial score (nSPS) is 18.7. The zero-order chi connectivity index (χ0) is 14.2. The molecule has 1 N–H and O–H groups in total. The summed E-state index contributed by atoms with van der Waals surface area (Å²) in [6.07, 6.45) is -4.98. The summed E-state index contributed by atoms with van der Waals surface area (Å²) in [6.45, 7) is 0. The van der Waals surface area contributed by atoms with Crippen molar-refractivity contribution in [3.05, 3.63) is 23.8 Å². The molecule has 0 aliphatic carbocycles. The van der Waals surface area contributed by atoms with Gasteiger partial charge >= 0.3 is 6.18 Å². The van der Waals surface area contributed by atoms with Gasteiger partial charge in [0, 0.05) is 17.3 Å². The van der Waals surface area contributed by atoms with Crippen LogP contribution >= 0.6 is 11.8 Å². The van der Waals surface area contributed by atoms with Gasteiger partial charge in [0.25, 0.3) is 0 Å². The Hall–Kier alpha value is -1.70. The van der Waals surface area contributed by atoms with Crippen molar-refractivity contribution in [2.75, 3.05) is 5.32 Å². The predicted molar refractivity (Wildman–Crippen MR) is 59.3 cm³/mol. The van der Waals surface area contributed by atoms with Crippen LogP contribution in [0.15, 0.2) is 23.1 Å². The molecular formula is C11H7F3NO3S-. The fraction of sp³-hybridized carbons (Fsp3) is 0.273. The van der Waals surface area contributed by atoms with E-state index in [1.807, 2.05) is 0 Å². The fourth-order valence-electron chi connectivity index (χ4n) is 1.61. The molecule has 8 heteroatoms. The van der Waals surface area contributed by atoms with E-state index in [-0.39, 0.29) is 5.69 Å². The predicted octanol–water partition coefficient (Wildman–Crippen LogP) is 1.26. The van der Waals surface area contributed by atoms with E-state index in [0.717, 1.165) is 23.9 Å². The zero-order valence-electron chi connectivity index (χ0n) is 9.28. The highest BCUT2D eigenvalue weighted by atomic mass is 32.2. The monoisotopic (exact) mass is 290 g/mol. The minimum Gasteiger partial charge on any atom is -0.550 e. The number of fused-ring (bicyclic) bond motifs is 1. The maximum atomic E-state index is 12.5. The van der Waals surface area contributed by atoms with Crippen molar-refractivity contribution in [2.24, 2.45) is 0 Å². The molecule has 1 amide bonds. The Morgan fingerprint density at radius 1 is 1.42 bits per heavy atom. The van der Waals surface area contributed by atoms with Crippen molar-refractivity contribution in [3.8, 4) is 0 Å². The first-order valence-electron chi connectivity index (χ1n) is 5.16. The van der Waals surface area contributed by atoms with Gasteiger partial charge < -0.3 is 15.2 Å². The van der Waals surface area contributed by atoms with Crippen molar-refractivity contribution in [1.82, 2.24) is 0 Å². The summed E-state index contributed by atoms with van der Waals surface area (Å²) in [6, 6.07) is 2.93. The molecule has 1 aromatic rings. The maximum Gasteiger partial charge on any atom is 0.416 e. The quantitative estimate of drug-likeness (QED) is 0.890. The number of carbonyl (C=O) groups excluding carboxylic acids is 2. The van der Waals surface area contributed by atoms with Gasteiger partial charge in [-0.25, -0.2) is 0 Å². The lowest BCUT2D eigenvalue weighted by atomic mass is 10.1. The lowest BCUT2D eigenvalue weighted by molar-refractivity contribution is -0.305. The van der Waals surface area contributed by atoms with Gasteiger partial charge in [0.2, 0.25) is 5.91 Å². The summed E-state index contributed by atoms with van der Waals surface area (Å²) < 4.78 is 37.5. The van der Waals surface area contributed by atoms with Crippen LogP contribution in [0.2, 0.25) is 0 Å². The number of benzene rings is 1. The molecule has 1 heterocycles. The third-order valence-corrected chi connectivity index (χ3v) is 3.75. The van der Waals surface area contributed by atoms with E-state index in [4.69, 9.17) is 0 Å².